The number of hydrogen-bond donors (Lipinski definition) is 1. The number of aryl methyl sites for hydroxylation is 1. The summed E-state index contributed by atoms with van der Waals surface area (Å²) in [6, 6.07) is 11.0. The van der Waals surface area contributed by atoms with Crippen LogP contribution in [0.15, 0.2) is 40.8 Å². The average Bonchev–Trinajstić information content (AvgIpc) is 2.85. The van der Waals surface area contributed by atoms with Crippen molar-refractivity contribution in [2.45, 2.75) is 6.92 Å². The first-order valence-electron chi connectivity index (χ1n) is 6.59. The fourth-order valence-corrected chi connectivity index (χ4v) is 2.47. The zero-order valence-corrected chi connectivity index (χ0v) is 12.1. The summed E-state index contributed by atoms with van der Waals surface area (Å²) in [6.07, 6.45) is 0. The highest BCUT2D eigenvalue weighted by Gasteiger charge is 2.16. The molecule has 3 rings (SSSR count). The van der Waals surface area contributed by atoms with Gasteiger partial charge < -0.3 is 19.0 Å². The fraction of sp³-hybridized carbons (Fsp3) is 0.176. The summed E-state index contributed by atoms with van der Waals surface area (Å²) in [7, 11) is 3.14. The molecule has 1 aromatic heterocycles. The van der Waals surface area contributed by atoms with Gasteiger partial charge in [-0.3, -0.25) is 0 Å². The number of furan rings is 1. The Bertz CT molecular complexity index is 802. The molecule has 21 heavy (non-hydrogen) atoms. The topological polar surface area (TPSA) is 51.8 Å². The Morgan fingerprint density at radius 1 is 1.00 bits per heavy atom. The Morgan fingerprint density at radius 2 is 1.76 bits per heavy atom. The van der Waals surface area contributed by atoms with Crippen LogP contribution in [0.2, 0.25) is 0 Å². The smallest absolute Gasteiger partial charge is 0.176 e. The van der Waals surface area contributed by atoms with E-state index in [2.05, 4.69) is 0 Å². The van der Waals surface area contributed by atoms with Crippen LogP contribution in [0.25, 0.3) is 22.3 Å². The second-order valence-corrected chi connectivity index (χ2v) is 4.78. The molecule has 0 saturated heterocycles. The predicted octanol–water partition coefficient (Wildman–Crippen LogP) is 4.13. The Hall–Kier alpha value is -2.62. The molecule has 4 nitrogen and oxygen atoms in total. The van der Waals surface area contributed by atoms with Crippen molar-refractivity contribution >= 4 is 11.0 Å². The SMILES string of the molecule is COc1cc(-c2oc3c(OC)cccc3c2C)ccc1O. The molecule has 0 aliphatic rings. The number of aromatic hydroxyl groups is 1. The molecule has 0 amide bonds. The number of para-hydroxylation sites is 1. The molecular weight excluding hydrogens is 268 g/mol. The van der Waals surface area contributed by atoms with Crippen LogP contribution in [0.5, 0.6) is 17.2 Å². The van der Waals surface area contributed by atoms with E-state index in [1.807, 2.05) is 25.1 Å². The van der Waals surface area contributed by atoms with Crippen molar-refractivity contribution in [1.82, 2.24) is 0 Å². The molecule has 1 N–H and O–H groups in total. The van der Waals surface area contributed by atoms with Crippen LogP contribution in [0.3, 0.4) is 0 Å². The number of methoxy groups -OCH3 is 2. The monoisotopic (exact) mass is 284 g/mol. The highest BCUT2D eigenvalue weighted by atomic mass is 16.5. The van der Waals surface area contributed by atoms with E-state index in [1.54, 1.807) is 25.3 Å². The molecule has 0 saturated carbocycles. The maximum absolute atomic E-state index is 9.70. The third-order valence-electron chi connectivity index (χ3n) is 3.59. The Morgan fingerprint density at radius 3 is 2.48 bits per heavy atom. The van der Waals surface area contributed by atoms with Crippen molar-refractivity contribution in [3.63, 3.8) is 0 Å². The van der Waals surface area contributed by atoms with Gasteiger partial charge >= 0.3 is 0 Å². The van der Waals surface area contributed by atoms with E-state index in [1.165, 1.54) is 7.11 Å². The van der Waals surface area contributed by atoms with Crippen LogP contribution >= 0.6 is 0 Å². The maximum atomic E-state index is 9.70. The average molecular weight is 284 g/mol. The molecule has 0 unspecified atom stereocenters. The summed E-state index contributed by atoms with van der Waals surface area (Å²) in [6.45, 7) is 2.00. The van der Waals surface area contributed by atoms with Crippen LogP contribution in [0.4, 0.5) is 0 Å². The molecule has 0 atom stereocenters. The Kier molecular flexibility index (Phi) is 3.22. The van der Waals surface area contributed by atoms with Crippen LogP contribution in [0.1, 0.15) is 5.56 Å². The van der Waals surface area contributed by atoms with Crippen molar-refractivity contribution in [1.29, 1.82) is 0 Å². The van der Waals surface area contributed by atoms with Gasteiger partial charge in [-0.05, 0) is 31.2 Å². The van der Waals surface area contributed by atoms with Crippen LogP contribution in [-0.2, 0) is 0 Å². The van der Waals surface area contributed by atoms with E-state index in [9.17, 15) is 5.11 Å². The Balaban J connectivity index is 2.23. The summed E-state index contributed by atoms with van der Waals surface area (Å²) in [4.78, 5) is 0. The lowest BCUT2D eigenvalue weighted by Gasteiger charge is -2.05. The molecule has 0 fully saturated rings. The number of rotatable bonds is 3. The minimum atomic E-state index is 0.104. The number of benzene rings is 2. The molecule has 0 bridgehead atoms. The summed E-state index contributed by atoms with van der Waals surface area (Å²) in [5.74, 6) is 1.97. The predicted molar refractivity (Wildman–Crippen MR) is 81.2 cm³/mol. The van der Waals surface area contributed by atoms with E-state index in [0.29, 0.717) is 11.5 Å². The first-order valence-corrected chi connectivity index (χ1v) is 6.59. The fourth-order valence-electron chi connectivity index (χ4n) is 2.47. The molecule has 0 aliphatic carbocycles. The maximum Gasteiger partial charge on any atom is 0.176 e. The molecule has 2 aromatic carbocycles. The third-order valence-corrected chi connectivity index (χ3v) is 3.59. The minimum Gasteiger partial charge on any atom is -0.504 e. The van der Waals surface area contributed by atoms with Crippen molar-refractivity contribution in [3.8, 4) is 28.6 Å². The van der Waals surface area contributed by atoms with Crippen molar-refractivity contribution in [2.24, 2.45) is 0 Å². The molecule has 0 radical (unpaired) electrons. The lowest BCUT2D eigenvalue weighted by Crippen LogP contribution is -1.85. The van der Waals surface area contributed by atoms with Crippen molar-refractivity contribution in [2.75, 3.05) is 14.2 Å². The van der Waals surface area contributed by atoms with Crippen molar-refractivity contribution < 1.29 is 19.0 Å². The van der Waals surface area contributed by atoms with Gasteiger partial charge in [0.1, 0.15) is 5.76 Å². The molecule has 3 aromatic rings. The zero-order valence-electron chi connectivity index (χ0n) is 12.1. The van der Waals surface area contributed by atoms with Gasteiger partial charge in [0.05, 0.1) is 14.2 Å². The first-order chi connectivity index (χ1) is 10.2. The number of phenols is 1. The van der Waals surface area contributed by atoms with Gasteiger partial charge in [0.2, 0.25) is 0 Å². The highest BCUT2D eigenvalue weighted by Crippen LogP contribution is 2.39. The molecule has 1 heterocycles. The van der Waals surface area contributed by atoms with E-state index in [0.717, 1.165) is 27.9 Å². The van der Waals surface area contributed by atoms with Gasteiger partial charge in [-0.2, -0.15) is 0 Å². The zero-order chi connectivity index (χ0) is 15.0. The summed E-state index contributed by atoms with van der Waals surface area (Å²) < 4.78 is 16.5. The van der Waals surface area contributed by atoms with Gasteiger partial charge in [-0.25, -0.2) is 0 Å². The number of hydrogen-bond acceptors (Lipinski definition) is 4. The second-order valence-electron chi connectivity index (χ2n) is 4.78. The number of phenolic OH excluding ortho intramolecular Hbond substituents is 1. The molecular formula is C17H16O4. The number of ether oxygens (including phenoxy) is 2. The van der Waals surface area contributed by atoms with Crippen molar-refractivity contribution in [3.05, 3.63) is 42.0 Å². The highest BCUT2D eigenvalue weighted by molar-refractivity contribution is 5.91. The quantitative estimate of drug-likeness (QED) is 0.785. The van der Waals surface area contributed by atoms with Crippen LogP contribution < -0.4 is 9.47 Å². The standard InChI is InChI=1S/C17H16O4/c1-10-12-5-4-6-14(19-2)17(12)21-16(10)11-7-8-13(18)15(9-11)20-3/h4-9,18H,1-3H3. The van der Waals surface area contributed by atoms with E-state index in [4.69, 9.17) is 13.9 Å². The molecule has 0 aliphatic heterocycles. The lowest BCUT2D eigenvalue weighted by atomic mass is 10.1. The largest absolute Gasteiger partial charge is 0.504 e. The summed E-state index contributed by atoms with van der Waals surface area (Å²) in [5, 5.41) is 10.7. The minimum absolute atomic E-state index is 0.104. The van der Waals surface area contributed by atoms with Gasteiger partial charge in [0.25, 0.3) is 0 Å². The summed E-state index contributed by atoms with van der Waals surface area (Å²) >= 11 is 0. The third kappa shape index (κ3) is 2.09. The lowest BCUT2D eigenvalue weighted by molar-refractivity contribution is 0.373. The van der Waals surface area contributed by atoms with E-state index < -0.39 is 0 Å². The van der Waals surface area contributed by atoms with Gasteiger partial charge in [0.15, 0.2) is 22.8 Å². The normalized spacial score (nSPS) is 10.8. The van der Waals surface area contributed by atoms with Gasteiger partial charge in [-0.1, -0.05) is 12.1 Å². The van der Waals surface area contributed by atoms with E-state index in [-0.39, 0.29) is 5.75 Å². The van der Waals surface area contributed by atoms with Crippen LogP contribution in [0, 0.1) is 6.92 Å². The number of fused-ring (bicyclic) bond motifs is 1. The van der Waals surface area contributed by atoms with E-state index >= 15 is 0 Å². The van der Waals surface area contributed by atoms with Gasteiger partial charge in [0, 0.05) is 16.5 Å². The molecule has 108 valence electrons. The summed E-state index contributed by atoms with van der Waals surface area (Å²) in [5.41, 5.74) is 2.59. The van der Waals surface area contributed by atoms with Crippen LogP contribution in [-0.4, -0.2) is 19.3 Å². The molecule has 4 heteroatoms. The second kappa shape index (κ2) is 5.05. The first kappa shape index (κ1) is 13.4. The van der Waals surface area contributed by atoms with Gasteiger partial charge in [-0.15, -0.1) is 0 Å². The molecule has 0 spiro atoms. The Labute approximate surface area is 122 Å².